The lowest BCUT2D eigenvalue weighted by molar-refractivity contribution is -0.116. The predicted octanol–water partition coefficient (Wildman–Crippen LogP) is 2.74. The molecule has 0 aliphatic carbocycles. The molecule has 1 aliphatic heterocycles. The van der Waals surface area contributed by atoms with Crippen LogP contribution in [-0.4, -0.2) is 17.1 Å². The first kappa shape index (κ1) is 11.7. The fourth-order valence-electron chi connectivity index (χ4n) is 2.37. The predicted molar refractivity (Wildman–Crippen MR) is 75.7 cm³/mol. The Labute approximate surface area is 111 Å². The number of benzene rings is 1. The summed E-state index contributed by atoms with van der Waals surface area (Å²) in [6.45, 7) is 4.02. The molecule has 1 aliphatic rings. The summed E-state index contributed by atoms with van der Waals surface area (Å²) in [5.74, 6) is -0.0709. The third-order valence-electron chi connectivity index (χ3n) is 3.30. The molecule has 96 valence electrons. The highest BCUT2D eigenvalue weighted by atomic mass is 16.2. The number of anilines is 1. The first-order chi connectivity index (χ1) is 9.15. The maximum Gasteiger partial charge on any atom is 0.253 e. The number of nitrogens with one attached hydrogen (secondary N) is 2. The molecule has 19 heavy (non-hydrogen) atoms. The van der Waals surface area contributed by atoms with Crippen LogP contribution >= 0.6 is 0 Å². The van der Waals surface area contributed by atoms with E-state index in [0.717, 1.165) is 28.2 Å². The molecule has 2 heterocycles. The van der Waals surface area contributed by atoms with Gasteiger partial charge in [-0.25, -0.2) is 0 Å². The Morgan fingerprint density at radius 2 is 2.05 bits per heavy atom. The molecule has 1 atom stereocenters. The van der Waals surface area contributed by atoms with E-state index in [0.29, 0.717) is 0 Å². The summed E-state index contributed by atoms with van der Waals surface area (Å²) in [6, 6.07) is 9.27. The number of para-hydroxylation sites is 1. The smallest absolute Gasteiger partial charge is 0.253 e. The van der Waals surface area contributed by atoms with Crippen LogP contribution in [0, 0.1) is 13.8 Å². The van der Waals surface area contributed by atoms with Crippen molar-refractivity contribution in [2.75, 3.05) is 5.32 Å². The number of amides is 1. The van der Waals surface area contributed by atoms with Crippen molar-refractivity contribution in [3.8, 4) is 0 Å². The number of hydrogen-bond acceptors (Lipinski definition) is 2. The zero-order valence-electron chi connectivity index (χ0n) is 10.9. The number of aliphatic imine (C=N–C) groups is 1. The summed E-state index contributed by atoms with van der Waals surface area (Å²) in [5.41, 5.74) is 4.97. The second kappa shape index (κ2) is 4.39. The molecule has 1 unspecified atom stereocenters. The van der Waals surface area contributed by atoms with Crippen molar-refractivity contribution in [1.82, 2.24) is 4.98 Å². The molecule has 0 bridgehead atoms. The van der Waals surface area contributed by atoms with Crippen LogP contribution in [0.25, 0.3) is 0 Å². The molecule has 3 rings (SSSR count). The number of aromatic amines is 1. The molecule has 2 aromatic rings. The van der Waals surface area contributed by atoms with E-state index in [9.17, 15) is 4.79 Å². The Morgan fingerprint density at radius 3 is 2.79 bits per heavy atom. The minimum atomic E-state index is -0.445. The summed E-state index contributed by atoms with van der Waals surface area (Å²) in [6.07, 6.45) is 1.74. The Morgan fingerprint density at radius 1 is 1.26 bits per heavy atom. The minimum Gasteiger partial charge on any atom is -0.358 e. The van der Waals surface area contributed by atoms with Crippen LogP contribution in [0.4, 0.5) is 5.69 Å². The maximum absolute atomic E-state index is 11.9. The van der Waals surface area contributed by atoms with Crippen molar-refractivity contribution >= 4 is 17.8 Å². The van der Waals surface area contributed by atoms with Crippen molar-refractivity contribution in [2.24, 2.45) is 4.99 Å². The highest BCUT2D eigenvalue weighted by Crippen LogP contribution is 2.32. The van der Waals surface area contributed by atoms with E-state index in [2.05, 4.69) is 21.4 Å². The van der Waals surface area contributed by atoms with Crippen molar-refractivity contribution < 1.29 is 4.79 Å². The van der Waals surface area contributed by atoms with Crippen LogP contribution < -0.4 is 5.32 Å². The van der Waals surface area contributed by atoms with Crippen LogP contribution in [0.1, 0.15) is 28.6 Å². The lowest BCUT2D eigenvalue weighted by Gasteiger charge is -2.01. The molecule has 2 N–H and O–H groups in total. The number of nitrogens with zero attached hydrogens (tertiary/aromatic N) is 1. The van der Waals surface area contributed by atoms with Gasteiger partial charge in [-0.05, 0) is 31.5 Å². The van der Waals surface area contributed by atoms with Crippen LogP contribution in [0.2, 0.25) is 0 Å². The number of hydrogen-bond donors (Lipinski definition) is 2. The largest absolute Gasteiger partial charge is 0.358 e. The highest BCUT2D eigenvalue weighted by molar-refractivity contribution is 6.03. The molecule has 1 aromatic carbocycles. The summed E-state index contributed by atoms with van der Waals surface area (Å²) >= 11 is 0. The fourth-order valence-corrected chi connectivity index (χ4v) is 2.37. The molecule has 0 saturated heterocycles. The van der Waals surface area contributed by atoms with Gasteiger partial charge in [0, 0.05) is 23.2 Å². The number of aromatic nitrogens is 1. The van der Waals surface area contributed by atoms with E-state index in [1.54, 1.807) is 6.21 Å². The highest BCUT2D eigenvalue weighted by Gasteiger charge is 2.29. The molecule has 0 fully saturated rings. The van der Waals surface area contributed by atoms with E-state index in [1.807, 2.05) is 38.1 Å². The first-order valence-corrected chi connectivity index (χ1v) is 6.24. The van der Waals surface area contributed by atoms with E-state index in [1.165, 1.54) is 0 Å². The Bertz CT molecular complexity index is 670. The molecule has 1 aromatic heterocycles. The fraction of sp³-hybridized carbons (Fsp3) is 0.200. The number of fused-ring (bicyclic) bond motifs is 1. The van der Waals surface area contributed by atoms with Gasteiger partial charge < -0.3 is 10.3 Å². The van der Waals surface area contributed by atoms with Gasteiger partial charge >= 0.3 is 0 Å². The van der Waals surface area contributed by atoms with Crippen LogP contribution in [0.3, 0.4) is 0 Å². The summed E-state index contributed by atoms with van der Waals surface area (Å²) < 4.78 is 0. The number of aryl methyl sites for hydroxylation is 2. The standard InChI is InChI=1S/C15H15N3O/c1-9-7-10(2)17-13(9)8-16-14-11-5-3-4-6-12(11)18-15(14)19/h3-8,14,17H,1-2H3,(H,18,19). The van der Waals surface area contributed by atoms with Crippen molar-refractivity contribution in [3.63, 3.8) is 0 Å². The molecule has 0 spiro atoms. The van der Waals surface area contributed by atoms with Gasteiger partial charge in [0.15, 0.2) is 6.04 Å². The van der Waals surface area contributed by atoms with Gasteiger partial charge in [0.05, 0.1) is 5.69 Å². The van der Waals surface area contributed by atoms with Crippen molar-refractivity contribution in [2.45, 2.75) is 19.9 Å². The van der Waals surface area contributed by atoms with Gasteiger partial charge in [0.25, 0.3) is 5.91 Å². The minimum absolute atomic E-state index is 0.0709. The number of carbonyl (C=O) groups excluding carboxylic acids is 1. The first-order valence-electron chi connectivity index (χ1n) is 6.24. The average Bonchev–Trinajstić information content (AvgIpc) is 2.86. The van der Waals surface area contributed by atoms with Gasteiger partial charge in [-0.15, -0.1) is 0 Å². The third kappa shape index (κ3) is 2.05. The summed E-state index contributed by atoms with van der Waals surface area (Å²) in [4.78, 5) is 19.6. The average molecular weight is 253 g/mol. The Balaban J connectivity index is 1.92. The van der Waals surface area contributed by atoms with Crippen LogP contribution in [-0.2, 0) is 4.79 Å². The lowest BCUT2D eigenvalue weighted by Crippen LogP contribution is -2.10. The quantitative estimate of drug-likeness (QED) is 0.794. The van der Waals surface area contributed by atoms with E-state index < -0.39 is 6.04 Å². The molecule has 1 amide bonds. The maximum atomic E-state index is 11.9. The van der Waals surface area contributed by atoms with E-state index in [-0.39, 0.29) is 5.91 Å². The lowest BCUT2D eigenvalue weighted by atomic mass is 10.1. The normalized spacial score (nSPS) is 17.8. The van der Waals surface area contributed by atoms with E-state index in [4.69, 9.17) is 0 Å². The number of rotatable bonds is 2. The van der Waals surface area contributed by atoms with Crippen molar-refractivity contribution in [3.05, 3.63) is 52.8 Å². The molecular weight excluding hydrogens is 238 g/mol. The Kier molecular flexibility index (Phi) is 2.71. The number of carbonyl (C=O) groups is 1. The summed E-state index contributed by atoms with van der Waals surface area (Å²) in [5, 5.41) is 2.84. The van der Waals surface area contributed by atoms with Gasteiger partial charge in [0.1, 0.15) is 0 Å². The summed E-state index contributed by atoms with van der Waals surface area (Å²) in [7, 11) is 0. The van der Waals surface area contributed by atoms with Crippen LogP contribution in [0.5, 0.6) is 0 Å². The van der Waals surface area contributed by atoms with Crippen LogP contribution in [0.15, 0.2) is 35.3 Å². The monoisotopic (exact) mass is 253 g/mol. The second-order valence-corrected chi connectivity index (χ2v) is 4.81. The molecular formula is C15H15N3O. The van der Waals surface area contributed by atoms with E-state index >= 15 is 0 Å². The molecule has 0 radical (unpaired) electrons. The molecule has 0 saturated carbocycles. The zero-order valence-corrected chi connectivity index (χ0v) is 10.9. The molecule has 4 nitrogen and oxygen atoms in total. The van der Waals surface area contributed by atoms with Gasteiger partial charge in [-0.1, -0.05) is 18.2 Å². The second-order valence-electron chi connectivity index (χ2n) is 4.81. The third-order valence-corrected chi connectivity index (χ3v) is 3.30. The van der Waals surface area contributed by atoms with Crippen molar-refractivity contribution in [1.29, 1.82) is 0 Å². The number of H-pyrrole nitrogens is 1. The SMILES string of the molecule is Cc1cc(C)c(C=NC2C(=O)Nc3ccccc32)[nH]1. The van der Waals surface area contributed by atoms with Gasteiger partial charge in [0.2, 0.25) is 0 Å². The topological polar surface area (TPSA) is 57.2 Å². The van der Waals surface area contributed by atoms with Gasteiger partial charge in [-0.3, -0.25) is 9.79 Å². The van der Waals surface area contributed by atoms with Gasteiger partial charge in [-0.2, -0.15) is 0 Å². The zero-order chi connectivity index (χ0) is 13.4. The molecule has 4 heteroatoms. The Hall–Kier alpha value is -2.36.